The van der Waals surface area contributed by atoms with Gasteiger partial charge in [-0.05, 0) is 12.1 Å². The largest absolute Gasteiger partial charge is 0.477 e. The van der Waals surface area contributed by atoms with Crippen LogP contribution >= 0.6 is 11.8 Å². The minimum atomic E-state index is -1.25. The van der Waals surface area contributed by atoms with Crippen molar-refractivity contribution in [1.82, 2.24) is 15.2 Å². The Bertz CT molecular complexity index is 1390. The fourth-order valence-corrected chi connectivity index (χ4v) is 5.28. The minimum Gasteiger partial charge on any atom is -0.477 e. The molecular formula is C20H17N6O7S+. The number of anilines is 1. The third-order valence-electron chi connectivity index (χ3n) is 5.45. The molecule has 0 radical (unpaired) electrons. The van der Waals surface area contributed by atoms with E-state index in [0.29, 0.717) is 17.0 Å². The number of carbonyl (C=O) groups is 3. The molecule has 5 N–H and O–H groups in total. The van der Waals surface area contributed by atoms with Crippen LogP contribution in [0.2, 0.25) is 0 Å². The first-order valence-electron chi connectivity index (χ1n) is 9.89. The first-order chi connectivity index (χ1) is 16.4. The number of carboxylic acid groups (broad SMARTS) is 1. The number of nitrogens with zero attached hydrogens (tertiary/aromatic N) is 4. The number of amides is 2. The maximum absolute atomic E-state index is 12.9. The Kier molecular flexibility index (Phi) is 5.20. The van der Waals surface area contributed by atoms with Gasteiger partial charge in [-0.15, -0.1) is 11.8 Å². The van der Waals surface area contributed by atoms with E-state index in [1.165, 1.54) is 11.8 Å². The van der Waals surface area contributed by atoms with Crippen molar-refractivity contribution in [3.8, 4) is 0 Å². The molecule has 5 rings (SSSR count). The van der Waals surface area contributed by atoms with Crippen molar-refractivity contribution in [2.24, 2.45) is 5.16 Å². The Morgan fingerprint density at radius 2 is 2.21 bits per heavy atom. The Hall–Kier alpha value is -4.33. The Labute approximate surface area is 194 Å². The molecule has 5 heterocycles. The van der Waals surface area contributed by atoms with E-state index in [0.717, 1.165) is 16.5 Å². The second-order valence-electron chi connectivity index (χ2n) is 7.46. The van der Waals surface area contributed by atoms with Gasteiger partial charge in [0.05, 0.1) is 11.6 Å². The standard InChI is InChI=1S/C20H16N6O7S/c21-20-22-11(7-33-20)12(24-31)15(27)23-13-16(28)26-14(19(29)30)10(8-34-18(13)26)6-25-4-1-2-9-3-5-32-17(9)25/h1-5,7,13,18H,6,8H2,(H4-,21,22,23,27,29,30,31)/p+1. The predicted molar refractivity (Wildman–Crippen MR) is 115 cm³/mol. The van der Waals surface area contributed by atoms with Gasteiger partial charge in [0.1, 0.15) is 29.1 Å². The summed E-state index contributed by atoms with van der Waals surface area (Å²) in [6.45, 7) is 0.210. The van der Waals surface area contributed by atoms with E-state index in [-0.39, 0.29) is 24.0 Å². The second-order valence-corrected chi connectivity index (χ2v) is 8.56. The molecule has 174 valence electrons. The van der Waals surface area contributed by atoms with E-state index in [1.54, 1.807) is 23.1 Å². The predicted octanol–water partition coefficient (Wildman–Crippen LogP) is -0.0924. The van der Waals surface area contributed by atoms with Crippen molar-refractivity contribution in [1.29, 1.82) is 0 Å². The summed E-state index contributed by atoms with van der Waals surface area (Å²) in [5.74, 6) is -2.42. The van der Waals surface area contributed by atoms with Crippen molar-refractivity contribution in [3.05, 3.63) is 53.9 Å². The quantitative estimate of drug-likeness (QED) is 0.121. The lowest BCUT2D eigenvalue weighted by atomic mass is 10.0. The lowest BCUT2D eigenvalue weighted by Crippen LogP contribution is -2.71. The van der Waals surface area contributed by atoms with Crippen LogP contribution in [0.3, 0.4) is 0 Å². The van der Waals surface area contributed by atoms with Crippen LogP contribution in [-0.4, -0.2) is 60.9 Å². The van der Waals surface area contributed by atoms with Gasteiger partial charge in [0.2, 0.25) is 0 Å². The maximum Gasteiger partial charge on any atom is 0.380 e. The first-order valence-corrected chi connectivity index (χ1v) is 10.9. The van der Waals surface area contributed by atoms with E-state index < -0.39 is 34.9 Å². The maximum atomic E-state index is 12.9. The lowest BCUT2D eigenvalue weighted by molar-refractivity contribution is -0.669. The zero-order chi connectivity index (χ0) is 24.0. The molecule has 0 spiro atoms. The highest BCUT2D eigenvalue weighted by atomic mass is 32.2. The molecule has 13 nitrogen and oxygen atoms in total. The molecule has 34 heavy (non-hydrogen) atoms. The molecule has 0 aromatic carbocycles. The third kappa shape index (κ3) is 3.44. The molecule has 1 fully saturated rings. The van der Waals surface area contributed by atoms with Crippen molar-refractivity contribution in [2.75, 3.05) is 11.5 Å². The van der Waals surface area contributed by atoms with Crippen molar-refractivity contribution < 1.29 is 38.1 Å². The van der Waals surface area contributed by atoms with Gasteiger partial charge < -0.3 is 30.2 Å². The Balaban J connectivity index is 1.37. The molecule has 1 saturated heterocycles. The van der Waals surface area contributed by atoms with E-state index in [9.17, 15) is 24.7 Å². The van der Waals surface area contributed by atoms with Gasteiger partial charge in [-0.3, -0.25) is 14.5 Å². The molecule has 0 saturated carbocycles. The lowest BCUT2D eigenvalue weighted by Gasteiger charge is -2.49. The number of oxime groups is 1. The average molecular weight is 485 g/mol. The van der Waals surface area contributed by atoms with E-state index in [4.69, 9.17) is 14.6 Å². The van der Waals surface area contributed by atoms with Crippen LogP contribution in [0.25, 0.3) is 11.1 Å². The number of furan rings is 1. The number of pyridine rings is 1. The highest BCUT2D eigenvalue weighted by Gasteiger charge is 2.55. The summed E-state index contributed by atoms with van der Waals surface area (Å²) in [4.78, 5) is 42.5. The van der Waals surface area contributed by atoms with Crippen LogP contribution in [0, 0.1) is 0 Å². The Morgan fingerprint density at radius 3 is 2.91 bits per heavy atom. The number of oxazole rings is 1. The fourth-order valence-electron chi connectivity index (χ4n) is 3.94. The number of hydrogen-bond donors (Lipinski definition) is 4. The SMILES string of the molecule is Nc1nc(/C(=N\O)C(=O)NC2C(=O)N3C(C(=O)O)=C(C[n+]4cccc5ccoc54)CSC23)co1. The van der Waals surface area contributed by atoms with Crippen molar-refractivity contribution in [3.63, 3.8) is 0 Å². The van der Waals surface area contributed by atoms with Gasteiger partial charge in [-0.25, -0.2) is 4.79 Å². The topological polar surface area (TPSA) is 188 Å². The zero-order valence-corrected chi connectivity index (χ0v) is 18.1. The zero-order valence-electron chi connectivity index (χ0n) is 17.2. The molecule has 3 aromatic rings. The summed E-state index contributed by atoms with van der Waals surface area (Å²) >= 11 is 1.31. The molecule has 2 unspecified atom stereocenters. The van der Waals surface area contributed by atoms with E-state index in [1.807, 2.05) is 12.1 Å². The Morgan fingerprint density at radius 1 is 1.38 bits per heavy atom. The number of β-lactam (4-membered cyclic amide) rings is 1. The molecule has 0 bridgehead atoms. The van der Waals surface area contributed by atoms with Gasteiger partial charge in [0.25, 0.3) is 17.8 Å². The van der Waals surface area contributed by atoms with Gasteiger partial charge in [0, 0.05) is 17.4 Å². The molecule has 2 aliphatic heterocycles. The number of carboxylic acids is 1. The highest BCUT2D eigenvalue weighted by molar-refractivity contribution is 8.00. The number of rotatable bonds is 6. The smallest absolute Gasteiger partial charge is 0.380 e. The summed E-state index contributed by atoms with van der Waals surface area (Å²) in [5, 5.41) is 24.7. The number of fused-ring (bicyclic) bond motifs is 2. The molecule has 2 amide bonds. The van der Waals surface area contributed by atoms with Crippen LogP contribution in [0.4, 0.5) is 6.01 Å². The van der Waals surface area contributed by atoms with Gasteiger partial charge in [0.15, 0.2) is 18.5 Å². The van der Waals surface area contributed by atoms with Crippen molar-refractivity contribution in [2.45, 2.75) is 18.0 Å². The van der Waals surface area contributed by atoms with Gasteiger partial charge in [-0.1, -0.05) is 5.16 Å². The highest BCUT2D eigenvalue weighted by Crippen LogP contribution is 2.40. The monoisotopic (exact) mass is 485 g/mol. The van der Waals surface area contributed by atoms with Crippen LogP contribution in [0.1, 0.15) is 5.69 Å². The number of thioether (sulfide) groups is 1. The summed E-state index contributed by atoms with van der Waals surface area (Å²) in [5.41, 5.74) is 5.74. The number of carbonyl (C=O) groups excluding carboxylic acids is 2. The fraction of sp³-hybridized carbons (Fsp3) is 0.200. The van der Waals surface area contributed by atoms with Crippen LogP contribution in [-0.2, 0) is 20.9 Å². The van der Waals surface area contributed by atoms with E-state index >= 15 is 0 Å². The molecule has 2 aliphatic rings. The molecule has 14 heteroatoms. The van der Waals surface area contributed by atoms with Crippen LogP contribution in [0.15, 0.2) is 62.2 Å². The number of hydrogen-bond acceptors (Lipinski definition) is 10. The number of nitrogen functional groups attached to an aromatic ring is 1. The minimum absolute atomic E-state index is 0.116. The molecule has 3 aromatic heterocycles. The van der Waals surface area contributed by atoms with E-state index in [2.05, 4.69) is 15.5 Å². The number of nitrogens with one attached hydrogen (secondary N) is 1. The normalized spacial score (nSPS) is 20.3. The van der Waals surface area contributed by atoms with Crippen molar-refractivity contribution >= 4 is 52.4 Å². The number of nitrogens with two attached hydrogens (primary N) is 1. The summed E-state index contributed by atoms with van der Waals surface area (Å²) < 4.78 is 12.1. The molecule has 2 atom stereocenters. The van der Waals surface area contributed by atoms with Gasteiger partial charge in [-0.2, -0.15) is 9.55 Å². The summed E-state index contributed by atoms with van der Waals surface area (Å²) in [7, 11) is 0. The number of aromatic nitrogens is 2. The number of aliphatic carboxylic acids is 1. The first kappa shape index (κ1) is 21.5. The second kappa shape index (κ2) is 8.22. The van der Waals surface area contributed by atoms with Gasteiger partial charge >= 0.3 is 11.7 Å². The average Bonchev–Trinajstić information content (AvgIpc) is 3.47. The summed E-state index contributed by atoms with van der Waals surface area (Å²) in [6, 6.07) is 4.24. The van der Waals surface area contributed by atoms with Crippen LogP contribution < -0.4 is 15.6 Å². The molecule has 0 aliphatic carbocycles. The van der Waals surface area contributed by atoms with Crippen LogP contribution in [0.5, 0.6) is 0 Å². The third-order valence-corrected chi connectivity index (χ3v) is 6.79. The molecular weight excluding hydrogens is 468 g/mol. The summed E-state index contributed by atoms with van der Waals surface area (Å²) in [6.07, 6.45) is 4.34.